The van der Waals surface area contributed by atoms with Crippen LogP contribution in [0.5, 0.6) is 0 Å². The first-order chi connectivity index (χ1) is 13.1. The zero-order valence-electron chi connectivity index (χ0n) is 16.6. The number of piperidine rings is 1. The molecule has 1 fully saturated rings. The minimum absolute atomic E-state index is 0.0214. The average molecular weight is 370 g/mol. The molecule has 2 aromatic rings. The quantitative estimate of drug-likeness (QED) is 0.812. The van der Waals surface area contributed by atoms with Crippen molar-refractivity contribution in [3.05, 3.63) is 60.1 Å². The van der Waals surface area contributed by atoms with Gasteiger partial charge in [-0.25, -0.2) is 0 Å². The van der Waals surface area contributed by atoms with Crippen molar-refractivity contribution in [3.8, 4) is 0 Å². The Labute approximate surface area is 162 Å². The number of hydrogen-bond donors (Lipinski definition) is 1. The summed E-state index contributed by atoms with van der Waals surface area (Å²) in [5.41, 5.74) is 1.00. The van der Waals surface area contributed by atoms with E-state index in [4.69, 9.17) is 4.42 Å². The lowest BCUT2D eigenvalue weighted by molar-refractivity contribution is -0.126. The van der Waals surface area contributed by atoms with Crippen LogP contribution in [0.4, 0.5) is 0 Å². The molecule has 5 heteroatoms. The standard InChI is InChI=1S/C22H31N3O2/c1-17-11-13-25(14-12-17)19(20-10-7-15-27-20)16-23-22(26)21(24(2)3)18-8-5-4-6-9-18/h4-10,15,17,19,21H,11-14,16H2,1-3H3,(H,23,26). The smallest absolute Gasteiger partial charge is 0.242 e. The molecule has 1 amide bonds. The number of benzene rings is 1. The molecule has 1 aromatic carbocycles. The first-order valence-corrected chi connectivity index (χ1v) is 9.82. The normalized spacial score (nSPS) is 18.4. The zero-order valence-corrected chi connectivity index (χ0v) is 16.6. The van der Waals surface area contributed by atoms with Crippen molar-refractivity contribution in [2.75, 3.05) is 33.7 Å². The molecule has 3 rings (SSSR count). The Balaban J connectivity index is 1.69. The number of nitrogens with zero attached hydrogens (tertiary/aromatic N) is 2. The van der Waals surface area contributed by atoms with E-state index in [1.165, 1.54) is 12.8 Å². The second kappa shape index (κ2) is 9.20. The van der Waals surface area contributed by atoms with Gasteiger partial charge in [-0.3, -0.25) is 14.6 Å². The molecule has 1 aromatic heterocycles. The number of carbonyl (C=O) groups is 1. The van der Waals surface area contributed by atoms with E-state index in [9.17, 15) is 4.79 Å². The van der Waals surface area contributed by atoms with Crippen LogP contribution < -0.4 is 5.32 Å². The van der Waals surface area contributed by atoms with Crippen molar-refractivity contribution < 1.29 is 9.21 Å². The van der Waals surface area contributed by atoms with Gasteiger partial charge < -0.3 is 9.73 Å². The average Bonchev–Trinajstić information content (AvgIpc) is 3.18. The van der Waals surface area contributed by atoms with Crippen LogP contribution in [-0.4, -0.2) is 49.4 Å². The largest absolute Gasteiger partial charge is 0.468 e. The minimum atomic E-state index is -0.301. The van der Waals surface area contributed by atoms with Crippen molar-refractivity contribution in [1.82, 2.24) is 15.1 Å². The fraction of sp³-hybridized carbons (Fsp3) is 0.500. The zero-order chi connectivity index (χ0) is 19.2. The molecule has 5 nitrogen and oxygen atoms in total. The van der Waals surface area contributed by atoms with Gasteiger partial charge in [0.1, 0.15) is 11.8 Å². The second-order valence-electron chi connectivity index (χ2n) is 7.77. The Morgan fingerprint density at radius 1 is 1.19 bits per heavy atom. The molecule has 1 saturated heterocycles. The molecule has 0 aliphatic carbocycles. The molecule has 2 atom stereocenters. The SMILES string of the molecule is CC1CCN(C(CNC(=O)C(c2ccccc2)N(C)C)c2ccco2)CC1. The molecule has 0 spiro atoms. The van der Waals surface area contributed by atoms with E-state index < -0.39 is 0 Å². The monoisotopic (exact) mass is 369 g/mol. The highest BCUT2D eigenvalue weighted by atomic mass is 16.3. The first kappa shape index (κ1) is 19.6. The molecule has 1 aliphatic heterocycles. The summed E-state index contributed by atoms with van der Waals surface area (Å²) < 4.78 is 5.70. The maximum absolute atomic E-state index is 13.0. The molecule has 27 heavy (non-hydrogen) atoms. The third-order valence-electron chi connectivity index (χ3n) is 5.48. The van der Waals surface area contributed by atoms with E-state index >= 15 is 0 Å². The molecule has 0 saturated carbocycles. The van der Waals surface area contributed by atoms with Gasteiger partial charge in [-0.1, -0.05) is 37.3 Å². The summed E-state index contributed by atoms with van der Waals surface area (Å²) in [6.07, 6.45) is 4.09. The highest BCUT2D eigenvalue weighted by Gasteiger charge is 2.29. The molecule has 2 heterocycles. The van der Waals surface area contributed by atoms with E-state index in [2.05, 4.69) is 17.1 Å². The van der Waals surface area contributed by atoms with Gasteiger partial charge in [0.05, 0.1) is 12.3 Å². The summed E-state index contributed by atoms with van der Waals surface area (Å²) in [5.74, 6) is 1.71. The van der Waals surface area contributed by atoms with Crippen LogP contribution in [0.2, 0.25) is 0 Å². The molecule has 146 valence electrons. The predicted molar refractivity (Wildman–Crippen MR) is 107 cm³/mol. The summed E-state index contributed by atoms with van der Waals surface area (Å²) in [6.45, 7) is 4.94. The van der Waals surface area contributed by atoms with Crippen LogP contribution in [0.3, 0.4) is 0 Å². The molecule has 1 N–H and O–H groups in total. The van der Waals surface area contributed by atoms with E-state index in [1.807, 2.05) is 61.5 Å². The van der Waals surface area contributed by atoms with Crippen LogP contribution in [0, 0.1) is 5.92 Å². The lowest BCUT2D eigenvalue weighted by atomic mass is 9.97. The van der Waals surface area contributed by atoms with E-state index in [1.54, 1.807) is 6.26 Å². The first-order valence-electron chi connectivity index (χ1n) is 9.82. The van der Waals surface area contributed by atoms with Crippen LogP contribution in [0.15, 0.2) is 53.1 Å². The van der Waals surface area contributed by atoms with Gasteiger partial charge in [-0.2, -0.15) is 0 Å². The lowest BCUT2D eigenvalue weighted by Gasteiger charge is -2.36. The van der Waals surface area contributed by atoms with E-state index in [0.29, 0.717) is 6.54 Å². The molecule has 1 aliphatic rings. The topological polar surface area (TPSA) is 48.7 Å². The van der Waals surface area contributed by atoms with Crippen LogP contribution in [0.25, 0.3) is 0 Å². The van der Waals surface area contributed by atoms with Gasteiger partial charge in [0, 0.05) is 6.54 Å². The number of likely N-dealkylation sites (tertiary alicyclic amines) is 1. The number of furan rings is 1. The highest BCUT2D eigenvalue weighted by Crippen LogP contribution is 2.27. The summed E-state index contributed by atoms with van der Waals surface area (Å²) in [6, 6.07) is 13.6. The van der Waals surface area contributed by atoms with Crippen molar-refractivity contribution in [2.24, 2.45) is 5.92 Å². The predicted octanol–water partition coefficient (Wildman–Crippen LogP) is 3.47. The van der Waals surface area contributed by atoms with Gasteiger partial charge in [0.2, 0.25) is 5.91 Å². The maximum atomic E-state index is 13.0. The van der Waals surface area contributed by atoms with E-state index in [0.717, 1.165) is 30.3 Å². The van der Waals surface area contributed by atoms with Crippen molar-refractivity contribution in [1.29, 1.82) is 0 Å². The number of rotatable bonds is 7. The van der Waals surface area contributed by atoms with Gasteiger partial charge in [0.15, 0.2) is 0 Å². The summed E-state index contributed by atoms with van der Waals surface area (Å²) >= 11 is 0. The van der Waals surface area contributed by atoms with Crippen molar-refractivity contribution in [3.63, 3.8) is 0 Å². The third kappa shape index (κ3) is 4.99. The fourth-order valence-electron chi connectivity index (χ4n) is 3.84. The number of amides is 1. The van der Waals surface area contributed by atoms with Crippen molar-refractivity contribution >= 4 is 5.91 Å². The Bertz CT molecular complexity index is 692. The van der Waals surface area contributed by atoms with E-state index in [-0.39, 0.29) is 18.0 Å². The molecular weight excluding hydrogens is 338 g/mol. The second-order valence-corrected chi connectivity index (χ2v) is 7.77. The van der Waals surface area contributed by atoms with Crippen LogP contribution in [0.1, 0.15) is 43.2 Å². The number of carbonyl (C=O) groups excluding carboxylic acids is 1. The fourth-order valence-corrected chi connectivity index (χ4v) is 3.84. The van der Waals surface area contributed by atoms with Gasteiger partial charge in [-0.15, -0.1) is 0 Å². The van der Waals surface area contributed by atoms with Gasteiger partial charge in [0.25, 0.3) is 0 Å². The van der Waals surface area contributed by atoms with Crippen LogP contribution >= 0.6 is 0 Å². The summed E-state index contributed by atoms with van der Waals surface area (Å²) in [4.78, 5) is 17.4. The van der Waals surface area contributed by atoms with Crippen molar-refractivity contribution in [2.45, 2.75) is 31.8 Å². The Morgan fingerprint density at radius 2 is 1.89 bits per heavy atom. The summed E-state index contributed by atoms with van der Waals surface area (Å²) in [7, 11) is 3.88. The summed E-state index contributed by atoms with van der Waals surface area (Å²) in [5, 5.41) is 3.18. The molecule has 0 radical (unpaired) electrons. The third-order valence-corrected chi connectivity index (χ3v) is 5.48. The Kier molecular flexibility index (Phi) is 6.69. The molecular formula is C22H31N3O2. The Morgan fingerprint density at radius 3 is 2.48 bits per heavy atom. The molecule has 2 unspecified atom stereocenters. The number of likely N-dealkylation sites (N-methyl/N-ethyl adjacent to an activating group) is 1. The van der Waals surface area contributed by atoms with Gasteiger partial charge in [-0.05, 0) is 63.6 Å². The molecule has 0 bridgehead atoms. The number of hydrogen-bond acceptors (Lipinski definition) is 4. The Hall–Kier alpha value is -2.11. The maximum Gasteiger partial charge on any atom is 0.242 e. The highest BCUT2D eigenvalue weighted by molar-refractivity contribution is 5.83. The van der Waals surface area contributed by atoms with Crippen LogP contribution in [-0.2, 0) is 4.79 Å². The lowest BCUT2D eigenvalue weighted by Crippen LogP contribution is -2.44. The number of nitrogens with one attached hydrogen (secondary N) is 1. The minimum Gasteiger partial charge on any atom is -0.468 e. The van der Waals surface area contributed by atoms with Gasteiger partial charge >= 0.3 is 0 Å².